The number of carbonyl (C=O) groups is 4. The summed E-state index contributed by atoms with van der Waals surface area (Å²) in [5.74, 6) is -0.469. The van der Waals surface area contributed by atoms with Crippen molar-refractivity contribution < 1.29 is 19.2 Å². The molecule has 2 aromatic carbocycles. The summed E-state index contributed by atoms with van der Waals surface area (Å²) in [6, 6.07) is 6.66. The van der Waals surface area contributed by atoms with Crippen LogP contribution in [0.25, 0.3) is 10.8 Å². The Morgan fingerprint density at radius 2 is 0.975 bits per heavy atom. The molecular weight excluding hydrogens is 500 g/mol. The molecule has 0 aromatic heterocycles. The lowest BCUT2D eigenvalue weighted by Crippen LogP contribution is -2.50. The van der Waals surface area contributed by atoms with Crippen LogP contribution in [0, 0.1) is 5.92 Å². The first-order chi connectivity index (χ1) is 19.5. The first-order valence-corrected chi connectivity index (χ1v) is 15.9. The van der Waals surface area contributed by atoms with Gasteiger partial charge in [-0.3, -0.25) is 29.0 Å². The van der Waals surface area contributed by atoms with Crippen LogP contribution < -0.4 is 0 Å². The van der Waals surface area contributed by atoms with Gasteiger partial charge in [-0.05, 0) is 68.7 Å². The van der Waals surface area contributed by atoms with E-state index in [2.05, 4.69) is 6.92 Å². The third kappa shape index (κ3) is 4.67. The highest BCUT2D eigenvalue weighted by atomic mass is 16.2. The van der Waals surface area contributed by atoms with E-state index in [9.17, 15) is 19.2 Å². The van der Waals surface area contributed by atoms with Crippen molar-refractivity contribution in [2.75, 3.05) is 0 Å². The summed E-state index contributed by atoms with van der Waals surface area (Å²) in [7, 11) is 0. The van der Waals surface area contributed by atoms with Gasteiger partial charge in [-0.25, -0.2) is 0 Å². The maximum atomic E-state index is 13.8. The van der Waals surface area contributed by atoms with Gasteiger partial charge in [-0.15, -0.1) is 0 Å². The predicted octanol–water partition coefficient (Wildman–Crippen LogP) is 7.67. The van der Waals surface area contributed by atoms with E-state index < -0.39 is 0 Å². The molecular formula is C34H42N2O4. The zero-order valence-electron chi connectivity index (χ0n) is 23.9. The summed E-state index contributed by atoms with van der Waals surface area (Å²) in [6.45, 7) is 2.24. The third-order valence-electron chi connectivity index (χ3n) is 10.0. The third-order valence-corrected chi connectivity index (χ3v) is 10.0. The van der Waals surface area contributed by atoms with E-state index in [1.807, 2.05) is 0 Å². The molecule has 0 bridgehead atoms. The molecule has 6 nitrogen and oxygen atoms in total. The van der Waals surface area contributed by atoms with Crippen LogP contribution in [0.3, 0.4) is 0 Å². The van der Waals surface area contributed by atoms with E-state index in [1.54, 1.807) is 24.3 Å². The van der Waals surface area contributed by atoms with Crippen LogP contribution in [0.15, 0.2) is 24.3 Å². The van der Waals surface area contributed by atoms with E-state index in [0.29, 0.717) is 38.9 Å². The molecule has 0 atom stereocenters. The molecule has 40 heavy (non-hydrogen) atoms. The maximum Gasteiger partial charge on any atom is 0.261 e. The number of rotatable bonds is 9. The second-order valence-electron chi connectivity index (χ2n) is 12.6. The molecule has 0 N–H and O–H groups in total. The number of benzene rings is 2. The Kier molecular flexibility index (Phi) is 7.78. The number of unbranched alkanes of at least 4 members (excludes halogenated alkanes) is 5. The Morgan fingerprint density at radius 3 is 1.45 bits per heavy atom. The van der Waals surface area contributed by atoms with Crippen LogP contribution in [0.2, 0.25) is 0 Å². The summed E-state index contributed by atoms with van der Waals surface area (Å²) >= 11 is 0. The summed E-state index contributed by atoms with van der Waals surface area (Å²) in [5.41, 5.74) is 1.75. The molecule has 2 fully saturated rings. The lowest BCUT2D eigenvalue weighted by molar-refractivity contribution is 0.0468. The molecule has 6 rings (SSSR count). The van der Waals surface area contributed by atoms with E-state index >= 15 is 0 Å². The monoisotopic (exact) mass is 542 g/mol. The predicted molar refractivity (Wildman–Crippen MR) is 156 cm³/mol. The Bertz CT molecular complexity index is 1260. The van der Waals surface area contributed by atoms with Crippen molar-refractivity contribution in [1.29, 1.82) is 0 Å². The summed E-state index contributed by atoms with van der Waals surface area (Å²) in [6.07, 6.45) is 17.7. The average molecular weight is 543 g/mol. The molecule has 0 spiro atoms. The molecule has 2 aliphatic heterocycles. The number of hydrogen-bond donors (Lipinski definition) is 0. The van der Waals surface area contributed by atoms with Crippen molar-refractivity contribution in [3.63, 3.8) is 0 Å². The molecule has 0 radical (unpaired) electrons. The summed E-state index contributed by atoms with van der Waals surface area (Å²) in [4.78, 5) is 57.8. The average Bonchev–Trinajstić information content (AvgIpc) is 2.98. The van der Waals surface area contributed by atoms with Gasteiger partial charge in [0.1, 0.15) is 0 Å². The molecule has 0 unspecified atom stereocenters. The van der Waals surface area contributed by atoms with E-state index in [-0.39, 0.29) is 35.7 Å². The van der Waals surface area contributed by atoms with Gasteiger partial charge in [-0.2, -0.15) is 0 Å². The number of amides is 4. The van der Waals surface area contributed by atoms with Gasteiger partial charge in [0.05, 0.1) is 0 Å². The normalized spacial score (nSPS) is 23.4. The van der Waals surface area contributed by atoms with Crippen molar-refractivity contribution in [2.24, 2.45) is 5.92 Å². The second-order valence-corrected chi connectivity index (χ2v) is 12.6. The van der Waals surface area contributed by atoms with E-state index in [4.69, 9.17) is 0 Å². The zero-order chi connectivity index (χ0) is 27.8. The van der Waals surface area contributed by atoms with Crippen molar-refractivity contribution in [2.45, 2.75) is 122 Å². The Labute approximate surface area is 237 Å². The number of hydrogen-bond acceptors (Lipinski definition) is 4. The molecule has 6 heteroatoms. The standard InChI is InChI=1S/C34H42N2O4/c1-2-3-4-5-6-8-11-22-14-16-24(17-15-22)36-33(39)27-20-18-25-29-26(19-21-28(30(27)29)34(36)40)32(38)35(31(25)37)23-12-9-7-10-13-23/h18-24H,2-17H2,1H3. The van der Waals surface area contributed by atoms with Gasteiger partial charge < -0.3 is 0 Å². The fourth-order valence-electron chi connectivity index (χ4n) is 7.82. The molecule has 0 saturated heterocycles. The quantitative estimate of drug-likeness (QED) is 0.241. The van der Waals surface area contributed by atoms with E-state index in [1.165, 1.54) is 54.7 Å². The fraction of sp³-hybridized carbons (Fsp3) is 0.588. The molecule has 212 valence electrons. The first kappa shape index (κ1) is 27.2. The van der Waals surface area contributed by atoms with Crippen LogP contribution >= 0.6 is 0 Å². The molecule has 2 aromatic rings. The van der Waals surface area contributed by atoms with E-state index in [0.717, 1.165) is 57.8 Å². The van der Waals surface area contributed by atoms with Crippen LogP contribution in [0.4, 0.5) is 0 Å². The lowest BCUT2D eigenvalue weighted by atomic mass is 9.80. The lowest BCUT2D eigenvalue weighted by Gasteiger charge is -2.39. The highest BCUT2D eigenvalue weighted by molar-refractivity contribution is 6.33. The van der Waals surface area contributed by atoms with Gasteiger partial charge in [0.2, 0.25) is 0 Å². The minimum atomic E-state index is -0.292. The molecule has 2 aliphatic carbocycles. The van der Waals surface area contributed by atoms with Crippen molar-refractivity contribution >= 4 is 34.4 Å². The van der Waals surface area contributed by atoms with Crippen molar-refractivity contribution in [3.05, 3.63) is 46.5 Å². The molecule has 2 heterocycles. The van der Waals surface area contributed by atoms with Gasteiger partial charge in [-0.1, -0.05) is 71.1 Å². The first-order valence-electron chi connectivity index (χ1n) is 15.9. The van der Waals surface area contributed by atoms with Crippen molar-refractivity contribution in [3.8, 4) is 0 Å². The van der Waals surface area contributed by atoms with Gasteiger partial charge in [0, 0.05) is 45.1 Å². The van der Waals surface area contributed by atoms with Crippen LogP contribution in [0.1, 0.15) is 151 Å². The minimum absolute atomic E-state index is 0.0841. The van der Waals surface area contributed by atoms with Gasteiger partial charge in [0.15, 0.2) is 0 Å². The largest absolute Gasteiger partial charge is 0.271 e. The number of imide groups is 2. The Hall–Kier alpha value is -3.02. The second kappa shape index (κ2) is 11.5. The molecule has 4 amide bonds. The summed E-state index contributed by atoms with van der Waals surface area (Å²) in [5, 5.41) is 0.976. The smallest absolute Gasteiger partial charge is 0.261 e. The summed E-state index contributed by atoms with van der Waals surface area (Å²) < 4.78 is 0. The fourth-order valence-corrected chi connectivity index (χ4v) is 7.82. The van der Waals surface area contributed by atoms with Gasteiger partial charge in [0.25, 0.3) is 23.6 Å². The SMILES string of the molecule is CCCCCCCCC1CCC(N2C(=O)c3ccc4c5c(ccc(c35)C2=O)C(=O)N(C2CCCCC2)C4=O)CC1. The Balaban J connectivity index is 1.20. The number of nitrogens with zero attached hydrogens (tertiary/aromatic N) is 2. The number of carbonyl (C=O) groups excluding carboxylic acids is 4. The van der Waals surface area contributed by atoms with Crippen LogP contribution in [-0.4, -0.2) is 45.5 Å². The maximum absolute atomic E-state index is 13.8. The topological polar surface area (TPSA) is 74.8 Å². The highest BCUT2D eigenvalue weighted by Gasteiger charge is 2.43. The molecule has 4 aliphatic rings. The van der Waals surface area contributed by atoms with Crippen LogP contribution in [-0.2, 0) is 0 Å². The van der Waals surface area contributed by atoms with Gasteiger partial charge >= 0.3 is 0 Å². The Morgan fingerprint density at radius 1 is 0.550 bits per heavy atom. The van der Waals surface area contributed by atoms with Crippen molar-refractivity contribution in [1.82, 2.24) is 9.80 Å². The minimum Gasteiger partial charge on any atom is -0.271 e. The zero-order valence-corrected chi connectivity index (χ0v) is 23.9. The highest BCUT2D eigenvalue weighted by Crippen LogP contribution is 2.41. The molecule has 2 saturated carbocycles. The van der Waals surface area contributed by atoms with Crippen LogP contribution in [0.5, 0.6) is 0 Å².